The Morgan fingerprint density at radius 1 is 0.731 bits per heavy atom. The third kappa shape index (κ3) is 3.13. The van der Waals surface area contributed by atoms with Gasteiger partial charge in [0, 0.05) is 11.1 Å². The van der Waals surface area contributed by atoms with Gasteiger partial charge in [0.1, 0.15) is 11.4 Å². The molecule has 0 fully saturated rings. The van der Waals surface area contributed by atoms with E-state index in [0.717, 1.165) is 28.1 Å². The van der Waals surface area contributed by atoms with E-state index in [-0.39, 0.29) is 0 Å². The first-order valence-electron chi connectivity index (χ1n) is 8.41. The van der Waals surface area contributed by atoms with Gasteiger partial charge in [-0.15, -0.1) is 0 Å². The Kier molecular flexibility index (Phi) is 4.31. The molecular weight excluding hydrogens is 320 g/mol. The highest BCUT2D eigenvalue weighted by atomic mass is 15.4. The molecule has 4 nitrogen and oxygen atoms in total. The Labute approximate surface area is 152 Å². The first-order chi connectivity index (χ1) is 12.8. The quantitative estimate of drug-likeness (QED) is 0.549. The minimum atomic E-state index is 0.356. The maximum atomic E-state index is 6.22. The summed E-state index contributed by atoms with van der Waals surface area (Å²) < 4.78 is 1.70. The van der Waals surface area contributed by atoms with E-state index in [1.54, 1.807) is 10.9 Å². The molecule has 0 saturated heterocycles. The molecular formula is C22H18N4. The fourth-order valence-electron chi connectivity index (χ4n) is 2.86. The summed E-state index contributed by atoms with van der Waals surface area (Å²) in [7, 11) is 0. The number of nitrogens with zero attached hydrogens (tertiary/aromatic N) is 3. The first kappa shape index (κ1) is 15.8. The number of benzene rings is 3. The van der Waals surface area contributed by atoms with E-state index in [2.05, 4.69) is 10.1 Å². The van der Waals surface area contributed by atoms with Crippen LogP contribution in [0, 0.1) is 0 Å². The van der Waals surface area contributed by atoms with Crippen LogP contribution in [0.1, 0.15) is 5.56 Å². The van der Waals surface area contributed by atoms with Gasteiger partial charge < -0.3 is 5.73 Å². The molecule has 0 spiro atoms. The molecule has 0 atom stereocenters. The topological polar surface area (TPSA) is 56.2 Å². The predicted molar refractivity (Wildman–Crippen MR) is 107 cm³/mol. The third-order valence-electron chi connectivity index (χ3n) is 4.10. The maximum absolute atomic E-state index is 6.22. The van der Waals surface area contributed by atoms with Crippen LogP contribution >= 0.6 is 0 Å². The molecule has 4 rings (SSSR count). The van der Waals surface area contributed by atoms with E-state index in [1.807, 2.05) is 91.0 Å². The fourth-order valence-corrected chi connectivity index (χ4v) is 2.86. The largest absolute Gasteiger partial charge is 0.368 e. The smallest absolute Gasteiger partial charge is 0.222 e. The molecule has 2 N–H and O–H groups in total. The standard InChI is InChI=1S/C22H18N4/c23-22-25-20(18-12-6-2-7-13-18)21(19-14-8-3-9-15-19)26(22)24-16-17-10-4-1-5-11-17/h1-16H,(H2,23,25)/b24-16-. The number of aromatic nitrogens is 2. The average molecular weight is 338 g/mol. The van der Waals surface area contributed by atoms with Crippen LogP contribution in [0.3, 0.4) is 0 Å². The lowest BCUT2D eigenvalue weighted by molar-refractivity contribution is 0.906. The van der Waals surface area contributed by atoms with Gasteiger partial charge in [0.2, 0.25) is 5.95 Å². The van der Waals surface area contributed by atoms with Gasteiger partial charge in [-0.2, -0.15) is 9.78 Å². The molecule has 126 valence electrons. The lowest BCUT2D eigenvalue weighted by atomic mass is 10.1. The number of anilines is 1. The van der Waals surface area contributed by atoms with Crippen molar-refractivity contribution in [3.05, 3.63) is 96.6 Å². The molecule has 0 amide bonds. The summed E-state index contributed by atoms with van der Waals surface area (Å²) in [4.78, 5) is 4.60. The molecule has 0 aliphatic rings. The monoisotopic (exact) mass is 338 g/mol. The number of rotatable bonds is 4. The molecule has 3 aromatic carbocycles. The van der Waals surface area contributed by atoms with Crippen LogP contribution in [0.25, 0.3) is 22.5 Å². The average Bonchev–Trinajstić information content (AvgIpc) is 3.05. The molecule has 0 aliphatic heterocycles. The van der Waals surface area contributed by atoms with Crippen LogP contribution in [0.2, 0.25) is 0 Å². The van der Waals surface area contributed by atoms with Gasteiger partial charge in [-0.1, -0.05) is 91.0 Å². The van der Waals surface area contributed by atoms with Crippen LogP contribution in [-0.4, -0.2) is 15.9 Å². The van der Waals surface area contributed by atoms with Crippen molar-refractivity contribution >= 4 is 12.2 Å². The Hall–Kier alpha value is -3.66. The van der Waals surface area contributed by atoms with E-state index in [1.165, 1.54) is 0 Å². The van der Waals surface area contributed by atoms with E-state index >= 15 is 0 Å². The summed E-state index contributed by atoms with van der Waals surface area (Å²) in [6, 6.07) is 30.0. The Bertz CT molecular complexity index is 1020. The highest BCUT2D eigenvalue weighted by molar-refractivity contribution is 5.83. The predicted octanol–water partition coefficient (Wildman–Crippen LogP) is 4.68. The van der Waals surface area contributed by atoms with Gasteiger partial charge in [-0.25, -0.2) is 4.98 Å². The van der Waals surface area contributed by atoms with Crippen LogP contribution in [0.15, 0.2) is 96.1 Å². The summed E-state index contributed by atoms with van der Waals surface area (Å²) in [5, 5.41) is 4.60. The van der Waals surface area contributed by atoms with Crippen molar-refractivity contribution in [2.24, 2.45) is 5.10 Å². The molecule has 0 bridgehead atoms. The molecule has 0 aliphatic carbocycles. The van der Waals surface area contributed by atoms with Crippen molar-refractivity contribution in [3.63, 3.8) is 0 Å². The van der Waals surface area contributed by atoms with Crippen LogP contribution in [-0.2, 0) is 0 Å². The molecule has 4 aromatic rings. The summed E-state index contributed by atoms with van der Waals surface area (Å²) >= 11 is 0. The minimum absolute atomic E-state index is 0.356. The fraction of sp³-hybridized carbons (Fsp3) is 0. The summed E-state index contributed by atoms with van der Waals surface area (Å²) in [6.07, 6.45) is 1.79. The number of imidazole rings is 1. The Morgan fingerprint density at radius 3 is 1.88 bits per heavy atom. The lowest BCUT2D eigenvalue weighted by Gasteiger charge is -2.07. The van der Waals surface area contributed by atoms with E-state index in [0.29, 0.717) is 5.95 Å². The lowest BCUT2D eigenvalue weighted by Crippen LogP contribution is -2.00. The second-order valence-corrected chi connectivity index (χ2v) is 5.87. The maximum Gasteiger partial charge on any atom is 0.222 e. The summed E-state index contributed by atoms with van der Waals surface area (Å²) in [5.41, 5.74) is 10.9. The van der Waals surface area contributed by atoms with Gasteiger partial charge in [0.25, 0.3) is 0 Å². The molecule has 1 aromatic heterocycles. The Balaban J connectivity index is 1.89. The summed E-state index contributed by atoms with van der Waals surface area (Å²) in [5.74, 6) is 0.356. The van der Waals surface area contributed by atoms with Crippen molar-refractivity contribution in [2.45, 2.75) is 0 Å². The zero-order valence-corrected chi connectivity index (χ0v) is 14.2. The second kappa shape index (κ2) is 7.07. The number of nitrogen functional groups attached to an aromatic ring is 1. The van der Waals surface area contributed by atoms with Crippen LogP contribution in [0.4, 0.5) is 5.95 Å². The second-order valence-electron chi connectivity index (χ2n) is 5.87. The molecule has 0 unspecified atom stereocenters. The van der Waals surface area contributed by atoms with Gasteiger partial charge in [0.05, 0.1) is 6.21 Å². The Morgan fingerprint density at radius 2 is 1.27 bits per heavy atom. The van der Waals surface area contributed by atoms with Crippen molar-refractivity contribution in [2.75, 3.05) is 5.73 Å². The van der Waals surface area contributed by atoms with Gasteiger partial charge in [0.15, 0.2) is 0 Å². The zero-order chi connectivity index (χ0) is 17.8. The number of hydrogen-bond donors (Lipinski definition) is 1. The number of hydrogen-bond acceptors (Lipinski definition) is 3. The highest BCUT2D eigenvalue weighted by Crippen LogP contribution is 2.33. The van der Waals surface area contributed by atoms with E-state index in [4.69, 9.17) is 5.73 Å². The third-order valence-corrected chi connectivity index (χ3v) is 4.10. The minimum Gasteiger partial charge on any atom is -0.368 e. The zero-order valence-electron chi connectivity index (χ0n) is 14.2. The normalized spacial score (nSPS) is 11.1. The van der Waals surface area contributed by atoms with Crippen LogP contribution < -0.4 is 5.73 Å². The van der Waals surface area contributed by atoms with Crippen molar-refractivity contribution in [1.82, 2.24) is 9.66 Å². The molecule has 0 radical (unpaired) electrons. The highest BCUT2D eigenvalue weighted by Gasteiger charge is 2.18. The van der Waals surface area contributed by atoms with Crippen molar-refractivity contribution in [3.8, 4) is 22.5 Å². The van der Waals surface area contributed by atoms with Crippen LogP contribution in [0.5, 0.6) is 0 Å². The van der Waals surface area contributed by atoms with Crippen molar-refractivity contribution in [1.29, 1.82) is 0 Å². The molecule has 4 heteroatoms. The molecule has 26 heavy (non-hydrogen) atoms. The van der Waals surface area contributed by atoms with E-state index in [9.17, 15) is 0 Å². The molecule has 0 saturated carbocycles. The van der Waals surface area contributed by atoms with Gasteiger partial charge >= 0.3 is 0 Å². The summed E-state index contributed by atoms with van der Waals surface area (Å²) in [6.45, 7) is 0. The van der Waals surface area contributed by atoms with Gasteiger partial charge in [-0.3, -0.25) is 0 Å². The molecule has 1 heterocycles. The van der Waals surface area contributed by atoms with Crippen molar-refractivity contribution < 1.29 is 0 Å². The van der Waals surface area contributed by atoms with E-state index < -0.39 is 0 Å². The first-order valence-corrected chi connectivity index (χ1v) is 8.41. The van der Waals surface area contributed by atoms with Gasteiger partial charge in [-0.05, 0) is 5.56 Å². The number of nitrogens with two attached hydrogens (primary N) is 1. The SMILES string of the molecule is Nc1nc(-c2ccccc2)c(-c2ccccc2)n1/N=C\c1ccccc1.